The van der Waals surface area contributed by atoms with Gasteiger partial charge < -0.3 is 24.4 Å². The number of aromatic nitrogens is 3. The number of hydrogen-bond acceptors (Lipinski definition) is 7. The number of amides is 2. The maximum absolute atomic E-state index is 13.0. The lowest BCUT2D eigenvalue weighted by atomic mass is 10.1. The summed E-state index contributed by atoms with van der Waals surface area (Å²) in [7, 11) is 3.61. The molecular weight excluding hydrogens is 452 g/mol. The largest absolute Gasteiger partial charge is 0.485 e. The van der Waals surface area contributed by atoms with E-state index < -0.39 is 0 Å². The van der Waals surface area contributed by atoms with Gasteiger partial charge in [0.05, 0.1) is 24.5 Å². The number of ether oxygens (including phenoxy) is 1. The lowest BCUT2D eigenvalue weighted by Gasteiger charge is -2.37. The minimum Gasteiger partial charge on any atom is -0.485 e. The number of carbonyl (C=O) groups excluding carboxylic acids is 2. The van der Waals surface area contributed by atoms with Gasteiger partial charge >= 0.3 is 0 Å². The van der Waals surface area contributed by atoms with Crippen LogP contribution in [-0.2, 0) is 11.8 Å². The molecule has 0 fully saturated rings. The molecule has 0 aliphatic carbocycles. The quantitative estimate of drug-likeness (QED) is 0.496. The Hall–Kier alpha value is -3.53. The van der Waals surface area contributed by atoms with Crippen molar-refractivity contribution in [2.45, 2.75) is 18.2 Å². The van der Waals surface area contributed by atoms with E-state index in [1.165, 1.54) is 11.8 Å². The molecule has 0 bridgehead atoms. The van der Waals surface area contributed by atoms with Gasteiger partial charge in [-0.15, -0.1) is 10.2 Å². The van der Waals surface area contributed by atoms with Crippen LogP contribution in [0.3, 0.4) is 0 Å². The molecule has 9 nitrogen and oxygen atoms in total. The molecule has 1 aliphatic heterocycles. The highest BCUT2D eigenvalue weighted by atomic mass is 32.2. The average molecular weight is 481 g/mol. The second kappa shape index (κ2) is 10.6. The van der Waals surface area contributed by atoms with Crippen molar-refractivity contribution in [3.63, 3.8) is 0 Å². The second-order valence-corrected chi connectivity index (χ2v) is 9.01. The first-order valence-corrected chi connectivity index (χ1v) is 12.1. The van der Waals surface area contributed by atoms with Gasteiger partial charge in [-0.2, -0.15) is 0 Å². The molecule has 4 rings (SSSR count). The lowest BCUT2D eigenvalue weighted by Crippen LogP contribution is -2.46. The third-order valence-corrected chi connectivity index (χ3v) is 6.58. The van der Waals surface area contributed by atoms with Gasteiger partial charge in [-0.3, -0.25) is 9.59 Å². The Kier molecular flexibility index (Phi) is 7.36. The fraction of sp³-hybridized carbons (Fsp3) is 0.333. The predicted molar refractivity (Wildman–Crippen MR) is 133 cm³/mol. The number of thioether (sulfide) groups is 1. The Balaban J connectivity index is 1.30. The van der Waals surface area contributed by atoms with E-state index in [9.17, 15) is 9.59 Å². The molecule has 1 aliphatic rings. The molecule has 0 saturated heterocycles. The Morgan fingerprint density at radius 2 is 1.97 bits per heavy atom. The number of nitrogens with one attached hydrogen (secondary N) is 1. The fourth-order valence-electron chi connectivity index (χ4n) is 3.81. The highest BCUT2D eigenvalue weighted by Gasteiger charge is 2.27. The molecule has 34 heavy (non-hydrogen) atoms. The summed E-state index contributed by atoms with van der Waals surface area (Å²) < 4.78 is 7.90. The molecule has 0 radical (unpaired) electrons. The van der Waals surface area contributed by atoms with Crippen LogP contribution < -0.4 is 15.0 Å². The van der Waals surface area contributed by atoms with Crippen LogP contribution in [0.1, 0.15) is 17.3 Å². The number of rotatable bonds is 8. The van der Waals surface area contributed by atoms with Gasteiger partial charge in [-0.25, -0.2) is 0 Å². The van der Waals surface area contributed by atoms with Crippen LogP contribution in [0.25, 0.3) is 0 Å². The summed E-state index contributed by atoms with van der Waals surface area (Å²) in [6, 6.07) is 14.9. The van der Waals surface area contributed by atoms with Crippen LogP contribution in [0.15, 0.2) is 60.0 Å². The molecule has 1 N–H and O–H groups in total. The number of aryl methyl sites for hydroxylation is 1. The number of fused-ring (bicyclic) bond motifs is 1. The highest BCUT2D eigenvalue weighted by molar-refractivity contribution is 7.99. The molecule has 2 aromatic carbocycles. The van der Waals surface area contributed by atoms with Gasteiger partial charge in [0, 0.05) is 31.9 Å². The molecule has 2 amide bonds. The lowest BCUT2D eigenvalue weighted by molar-refractivity contribution is -0.113. The molecule has 10 heteroatoms. The zero-order chi connectivity index (χ0) is 24.1. The number of nitrogens with zero attached hydrogens (tertiary/aromatic N) is 5. The van der Waals surface area contributed by atoms with Gasteiger partial charge in [0.25, 0.3) is 5.91 Å². The van der Waals surface area contributed by atoms with Crippen molar-refractivity contribution in [2.24, 2.45) is 7.05 Å². The zero-order valence-electron chi connectivity index (χ0n) is 19.5. The van der Waals surface area contributed by atoms with E-state index >= 15 is 0 Å². The highest BCUT2D eigenvalue weighted by Crippen LogP contribution is 2.33. The minimum atomic E-state index is -0.153. The number of carbonyl (C=O) groups is 2. The number of likely N-dealkylation sites (N-methyl/N-ethyl adjacent to an activating group) is 2. The first kappa shape index (κ1) is 23.6. The van der Waals surface area contributed by atoms with Crippen molar-refractivity contribution < 1.29 is 14.3 Å². The summed E-state index contributed by atoms with van der Waals surface area (Å²) in [4.78, 5) is 29.1. The molecule has 178 valence electrons. The first-order chi connectivity index (χ1) is 16.4. The Bertz CT molecular complexity index is 1150. The molecule has 2 heterocycles. The minimum absolute atomic E-state index is 0.0961. The summed E-state index contributed by atoms with van der Waals surface area (Å²) in [5.74, 6) is 0.814. The standard InChI is InChI=1S/C24H28N6O3S/c1-4-30-14-19(33-21-8-6-5-7-20(21)30)13-28(2)23(32)17-9-11-18(12-10-17)26-22(31)15-34-24-27-25-16-29(24)3/h5-12,16,19H,4,13-15H2,1-3H3,(H,26,31). The molecule has 1 aromatic heterocycles. The van der Waals surface area contributed by atoms with Gasteiger partial charge in [0.1, 0.15) is 18.2 Å². The van der Waals surface area contributed by atoms with E-state index in [1.807, 2.05) is 25.2 Å². The average Bonchev–Trinajstić information content (AvgIpc) is 3.26. The SMILES string of the molecule is CCN1CC(CN(C)C(=O)c2ccc(NC(=O)CSc3nncn3C)cc2)Oc2ccccc21. The van der Waals surface area contributed by atoms with Crippen LogP contribution in [0, 0.1) is 0 Å². The zero-order valence-corrected chi connectivity index (χ0v) is 20.3. The number of benzene rings is 2. The van der Waals surface area contributed by atoms with E-state index in [0.29, 0.717) is 23.0 Å². The van der Waals surface area contributed by atoms with Gasteiger partial charge in [-0.1, -0.05) is 23.9 Å². The van der Waals surface area contributed by atoms with E-state index in [1.54, 1.807) is 47.1 Å². The van der Waals surface area contributed by atoms with Crippen molar-refractivity contribution in [3.05, 3.63) is 60.4 Å². The van der Waals surface area contributed by atoms with E-state index in [2.05, 4.69) is 33.4 Å². The Morgan fingerprint density at radius 1 is 1.21 bits per heavy atom. The Labute approximate surface area is 203 Å². The van der Waals surface area contributed by atoms with Crippen LogP contribution in [0.2, 0.25) is 0 Å². The molecule has 0 saturated carbocycles. The van der Waals surface area contributed by atoms with Crippen molar-refractivity contribution in [1.29, 1.82) is 0 Å². The van der Waals surface area contributed by atoms with Crippen LogP contribution in [-0.4, -0.2) is 70.0 Å². The first-order valence-electron chi connectivity index (χ1n) is 11.1. The topological polar surface area (TPSA) is 92.6 Å². The van der Waals surface area contributed by atoms with Crippen molar-refractivity contribution in [1.82, 2.24) is 19.7 Å². The summed E-state index contributed by atoms with van der Waals surface area (Å²) in [6.45, 7) is 4.19. The molecule has 1 unspecified atom stereocenters. The Morgan fingerprint density at radius 3 is 2.68 bits per heavy atom. The van der Waals surface area contributed by atoms with Crippen LogP contribution in [0.5, 0.6) is 5.75 Å². The third-order valence-electron chi connectivity index (χ3n) is 5.55. The maximum Gasteiger partial charge on any atom is 0.253 e. The van der Waals surface area contributed by atoms with Crippen molar-refractivity contribution >= 4 is 35.0 Å². The smallest absolute Gasteiger partial charge is 0.253 e. The van der Waals surface area contributed by atoms with Crippen LogP contribution >= 0.6 is 11.8 Å². The van der Waals surface area contributed by atoms with Gasteiger partial charge in [-0.05, 0) is 43.3 Å². The molecule has 1 atom stereocenters. The summed E-state index contributed by atoms with van der Waals surface area (Å²) in [5.41, 5.74) is 2.27. The fourth-order valence-corrected chi connectivity index (χ4v) is 4.50. The third kappa shape index (κ3) is 5.51. The van der Waals surface area contributed by atoms with Gasteiger partial charge in [0.2, 0.25) is 5.91 Å². The summed E-state index contributed by atoms with van der Waals surface area (Å²) in [6.07, 6.45) is 1.47. The summed E-state index contributed by atoms with van der Waals surface area (Å²) >= 11 is 1.31. The molecule has 3 aromatic rings. The predicted octanol–water partition coefficient (Wildman–Crippen LogP) is 2.91. The van der Waals surface area contributed by atoms with Crippen LogP contribution in [0.4, 0.5) is 11.4 Å². The second-order valence-electron chi connectivity index (χ2n) is 8.07. The number of hydrogen-bond donors (Lipinski definition) is 1. The summed E-state index contributed by atoms with van der Waals surface area (Å²) in [5, 5.41) is 11.3. The monoisotopic (exact) mass is 480 g/mol. The normalized spacial score (nSPS) is 14.8. The van der Waals surface area contributed by atoms with E-state index in [4.69, 9.17) is 4.74 Å². The maximum atomic E-state index is 13.0. The molecule has 0 spiro atoms. The number of anilines is 2. The van der Waals surface area contributed by atoms with Crippen molar-refractivity contribution in [3.8, 4) is 5.75 Å². The number of para-hydroxylation sites is 2. The molecular formula is C24H28N6O3S. The van der Waals surface area contributed by atoms with E-state index in [-0.39, 0.29) is 23.7 Å². The van der Waals surface area contributed by atoms with Gasteiger partial charge in [0.15, 0.2) is 5.16 Å². The van der Waals surface area contributed by atoms with E-state index in [0.717, 1.165) is 24.5 Å². The van der Waals surface area contributed by atoms with Crippen molar-refractivity contribution in [2.75, 3.05) is 42.7 Å².